The van der Waals surface area contributed by atoms with Gasteiger partial charge in [-0.3, -0.25) is 9.59 Å². The van der Waals surface area contributed by atoms with Gasteiger partial charge in [-0.05, 0) is 12.8 Å². The molecule has 0 unspecified atom stereocenters. The maximum Gasteiger partial charge on any atom is 0.310 e. The average Bonchev–Trinajstić information content (AvgIpc) is 2.56. The second-order valence-electron chi connectivity index (χ2n) is 4.98. The third-order valence-electron chi connectivity index (χ3n) is 3.60. The third-order valence-corrected chi connectivity index (χ3v) is 3.60. The number of aliphatic carboxylic acids is 1. The van der Waals surface area contributed by atoms with E-state index in [-0.39, 0.29) is 12.3 Å². The topological polar surface area (TPSA) is 66.4 Å². The summed E-state index contributed by atoms with van der Waals surface area (Å²) in [6.45, 7) is 0.422. The van der Waals surface area contributed by atoms with Crippen LogP contribution in [0.25, 0.3) is 0 Å². The van der Waals surface area contributed by atoms with Gasteiger partial charge in [0.05, 0.1) is 5.41 Å². The highest BCUT2D eigenvalue weighted by Gasteiger charge is 2.40. The minimum atomic E-state index is -0.864. The third kappa shape index (κ3) is 4.06. The molecule has 1 aliphatic carbocycles. The monoisotopic (exact) mass is 251 g/mol. The minimum absolute atomic E-state index is 0.0763. The Hall–Kier alpha value is -1.50. The second-order valence-corrected chi connectivity index (χ2v) is 4.98. The van der Waals surface area contributed by atoms with E-state index in [2.05, 4.69) is 11.2 Å². The van der Waals surface area contributed by atoms with Crippen LogP contribution in [0.1, 0.15) is 51.4 Å². The molecule has 0 radical (unpaired) electrons. The van der Waals surface area contributed by atoms with Gasteiger partial charge in [-0.1, -0.05) is 25.7 Å². The van der Waals surface area contributed by atoms with E-state index < -0.39 is 11.4 Å². The molecule has 0 heterocycles. The van der Waals surface area contributed by atoms with Gasteiger partial charge in [-0.2, -0.15) is 0 Å². The summed E-state index contributed by atoms with van der Waals surface area (Å²) in [5, 5.41) is 12.1. The van der Waals surface area contributed by atoms with Crippen molar-refractivity contribution in [1.82, 2.24) is 5.32 Å². The van der Waals surface area contributed by atoms with Crippen molar-refractivity contribution < 1.29 is 14.7 Å². The van der Waals surface area contributed by atoms with Crippen molar-refractivity contribution in [2.75, 3.05) is 6.54 Å². The number of carboxylic acids is 1. The van der Waals surface area contributed by atoms with Crippen molar-refractivity contribution in [2.45, 2.75) is 51.4 Å². The number of carboxylic acid groups (broad SMARTS) is 1. The van der Waals surface area contributed by atoms with Crippen LogP contribution in [0.2, 0.25) is 0 Å². The number of amides is 1. The number of hydrogen-bond acceptors (Lipinski definition) is 2. The first-order chi connectivity index (χ1) is 8.60. The summed E-state index contributed by atoms with van der Waals surface area (Å²) >= 11 is 0. The molecule has 0 aromatic rings. The standard InChI is InChI=1S/C14H21NO3/c1-2-3-10-15-12(16)11-14(13(17)18)8-6-4-5-7-9-14/h1H,3-11H2,(H,15,16)(H,17,18). The van der Waals surface area contributed by atoms with Gasteiger partial charge < -0.3 is 10.4 Å². The molecule has 0 bridgehead atoms. The van der Waals surface area contributed by atoms with E-state index in [1.165, 1.54) is 0 Å². The van der Waals surface area contributed by atoms with Crippen molar-refractivity contribution >= 4 is 11.9 Å². The quantitative estimate of drug-likeness (QED) is 0.446. The molecule has 1 saturated carbocycles. The number of hydrogen-bond donors (Lipinski definition) is 2. The Morgan fingerprint density at radius 1 is 1.22 bits per heavy atom. The average molecular weight is 251 g/mol. The molecule has 0 spiro atoms. The van der Waals surface area contributed by atoms with Gasteiger partial charge in [0.1, 0.15) is 0 Å². The fourth-order valence-corrected chi connectivity index (χ4v) is 2.52. The Labute approximate surface area is 108 Å². The summed E-state index contributed by atoms with van der Waals surface area (Å²) in [4.78, 5) is 23.2. The number of terminal acetylenes is 1. The Morgan fingerprint density at radius 3 is 2.33 bits per heavy atom. The molecule has 0 aliphatic heterocycles. The molecular weight excluding hydrogens is 230 g/mol. The van der Waals surface area contributed by atoms with Crippen molar-refractivity contribution in [2.24, 2.45) is 5.41 Å². The molecule has 1 fully saturated rings. The van der Waals surface area contributed by atoms with Crippen LogP contribution in [-0.2, 0) is 9.59 Å². The molecule has 0 aromatic heterocycles. The van der Waals surface area contributed by atoms with Crippen LogP contribution in [-0.4, -0.2) is 23.5 Å². The van der Waals surface area contributed by atoms with Gasteiger partial charge in [-0.25, -0.2) is 0 Å². The number of rotatable bonds is 5. The highest BCUT2D eigenvalue weighted by atomic mass is 16.4. The van der Waals surface area contributed by atoms with Crippen molar-refractivity contribution in [3.8, 4) is 12.3 Å². The SMILES string of the molecule is C#CCCNC(=O)CC1(C(=O)O)CCCCCC1. The van der Waals surface area contributed by atoms with E-state index in [0.717, 1.165) is 25.7 Å². The van der Waals surface area contributed by atoms with E-state index in [1.54, 1.807) is 0 Å². The second kappa shape index (κ2) is 7.05. The van der Waals surface area contributed by atoms with Gasteiger partial charge in [0.25, 0.3) is 0 Å². The van der Waals surface area contributed by atoms with Gasteiger partial charge in [-0.15, -0.1) is 12.3 Å². The highest BCUT2D eigenvalue weighted by molar-refractivity contribution is 5.85. The highest BCUT2D eigenvalue weighted by Crippen LogP contribution is 2.38. The molecule has 0 aromatic carbocycles. The van der Waals surface area contributed by atoms with Gasteiger partial charge in [0.15, 0.2) is 0 Å². The van der Waals surface area contributed by atoms with E-state index in [4.69, 9.17) is 6.42 Å². The zero-order valence-electron chi connectivity index (χ0n) is 10.7. The molecule has 1 aliphatic rings. The van der Waals surface area contributed by atoms with Gasteiger partial charge >= 0.3 is 5.97 Å². The summed E-state index contributed by atoms with van der Waals surface area (Å²) in [6.07, 6.45) is 10.8. The molecule has 100 valence electrons. The zero-order valence-corrected chi connectivity index (χ0v) is 10.7. The molecular formula is C14H21NO3. The van der Waals surface area contributed by atoms with Crippen LogP contribution in [0.4, 0.5) is 0 Å². The fourth-order valence-electron chi connectivity index (χ4n) is 2.52. The summed E-state index contributed by atoms with van der Waals surface area (Å²) < 4.78 is 0. The lowest BCUT2D eigenvalue weighted by molar-refractivity contribution is -0.152. The Kier molecular flexibility index (Phi) is 5.70. The van der Waals surface area contributed by atoms with Crippen LogP contribution in [0, 0.1) is 17.8 Å². The predicted octanol–water partition coefficient (Wildman–Crippen LogP) is 1.94. The smallest absolute Gasteiger partial charge is 0.310 e. The first-order valence-electron chi connectivity index (χ1n) is 6.54. The summed E-state index contributed by atoms with van der Waals surface area (Å²) in [7, 11) is 0. The van der Waals surface area contributed by atoms with Crippen LogP contribution >= 0.6 is 0 Å². The zero-order chi connectivity index (χ0) is 13.4. The lowest BCUT2D eigenvalue weighted by atomic mass is 9.77. The van der Waals surface area contributed by atoms with Crippen LogP contribution in [0.15, 0.2) is 0 Å². The van der Waals surface area contributed by atoms with Crippen molar-refractivity contribution in [3.05, 3.63) is 0 Å². The Balaban J connectivity index is 2.59. The largest absolute Gasteiger partial charge is 0.481 e. The Morgan fingerprint density at radius 2 is 1.83 bits per heavy atom. The van der Waals surface area contributed by atoms with Gasteiger partial charge in [0.2, 0.25) is 5.91 Å². The fraction of sp³-hybridized carbons (Fsp3) is 0.714. The molecule has 4 heteroatoms. The van der Waals surface area contributed by atoms with Crippen LogP contribution < -0.4 is 5.32 Å². The molecule has 0 saturated heterocycles. The lowest BCUT2D eigenvalue weighted by Crippen LogP contribution is -2.37. The summed E-state index contributed by atoms with van der Waals surface area (Å²) in [5.41, 5.74) is -0.864. The van der Waals surface area contributed by atoms with Crippen molar-refractivity contribution in [3.63, 3.8) is 0 Å². The number of carbonyl (C=O) groups is 2. The van der Waals surface area contributed by atoms with E-state index in [9.17, 15) is 14.7 Å². The van der Waals surface area contributed by atoms with E-state index in [0.29, 0.717) is 25.8 Å². The normalized spacial score (nSPS) is 18.4. The molecule has 1 amide bonds. The minimum Gasteiger partial charge on any atom is -0.481 e. The van der Waals surface area contributed by atoms with E-state index in [1.807, 2.05) is 0 Å². The molecule has 4 nitrogen and oxygen atoms in total. The maximum atomic E-state index is 11.8. The van der Waals surface area contributed by atoms with E-state index >= 15 is 0 Å². The molecule has 2 N–H and O–H groups in total. The summed E-state index contributed by atoms with van der Waals surface area (Å²) in [5.74, 6) is 1.40. The predicted molar refractivity (Wildman–Crippen MR) is 68.8 cm³/mol. The Bertz CT molecular complexity index is 335. The molecule has 18 heavy (non-hydrogen) atoms. The van der Waals surface area contributed by atoms with Crippen LogP contribution in [0.3, 0.4) is 0 Å². The lowest BCUT2D eigenvalue weighted by Gasteiger charge is -2.27. The first kappa shape index (κ1) is 14.6. The number of nitrogens with one attached hydrogen (secondary N) is 1. The molecule has 0 atom stereocenters. The van der Waals surface area contributed by atoms with Crippen molar-refractivity contribution in [1.29, 1.82) is 0 Å². The van der Waals surface area contributed by atoms with Crippen LogP contribution in [0.5, 0.6) is 0 Å². The first-order valence-corrected chi connectivity index (χ1v) is 6.54. The number of carbonyl (C=O) groups excluding carboxylic acids is 1. The maximum absolute atomic E-state index is 11.8. The summed E-state index contributed by atoms with van der Waals surface area (Å²) in [6, 6.07) is 0. The van der Waals surface area contributed by atoms with Gasteiger partial charge in [0, 0.05) is 19.4 Å². The molecule has 1 rings (SSSR count).